The number of nitrogens with zero attached hydrogens (tertiary/aromatic N) is 1. The largest absolute Gasteiger partial charge is 0.486 e. The summed E-state index contributed by atoms with van der Waals surface area (Å²) in [6.45, 7) is 0.354. The fraction of sp³-hybridized carbons (Fsp3) is 0.250. The first-order valence-corrected chi connectivity index (χ1v) is 8.51. The molecule has 7 heteroatoms. The number of benzene rings is 2. The highest BCUT2D eigenvalue weighted by atomic mass is 32.2. The van der Waals surface area contributed by atoms with Crippen LogP contribution < -0.4 is 9.47 Å². The second kappa shape index (κ2) is 6.17. The van der Waals surface area contributed by atoms with Crippen LogP contribution in [0.25, 0.3) is 0 Å². The van der Waals surface area contributed by atoms with Crippen molar-refractivity contribution in [2.75, 3.05) is 20.2 Å². The lowest BCUT2D eigenvalue weighted by atomic mass is 10.2. The Bertz CT molecular complexity index is 809. The first kappa shape index (κ1) is 15.8. The van der Waals surface area contributed by atoms with Crippen molar-refractivity contribution in [2.45, 2.75) is 11.0 Å². The lowest BCUT2D eigenvalue weighted by Gasteiger charge is -2.29. The first-order chi connectivity index (χ1) is 11.0. The molecule has 2 aromatic carbocycles. The van der Waals surface area contributed by atoms with E-state index in [-0.39, 0.29) is 18.0 Å². The predicted molar refractivity (Wildman–Crippen MR) is 82.6 cm³/mol. The van der Waals surface area contributed by atoms with E-state index < -0.39 is 21.9 Å². The average Bonchev–Trinajstić information content (AvgIpc) is 2.54. The number of ether oxygens (including phenoxy) is 2. The highest BCUT2D eigenvalue weighted by Gasteiger charge is 2.28. The molecule has 1 heterocycles. The third-order valence-corrected chi connectivity index (χ3v) is 5.35. The van der Waals surface area contributed by atoms with Gasteiger partial charge in [-0.05, 0) is 30.3 Å². The SMILES string of the molecule is CN(CC1COc2ccccc2O1)S(=O)(=O)c1cccc(F)c1. The Hall–Kier alpha value is -2.12. The maximum Gasteiger partial charge on any atom is 0.243 e. The third-order valence-electron chi connectivity index (χ3n) is 3.53. The number of fused-ring (bicyclic) bond motifs is 1. The molecule has 1 atom stereocenters. The molecule has 23 heavy (non-hydrogen) atoms. The van der Waals surface area contributed by atoms with Crippen LogP contribution in [0, 0.1) is 5.82 Å². The zero-order chi connectivity index (χ0) is 16.4. The molecule has 0 radical (unpaired) electrons. The number of sulfonamides is 1. The zero-order valence-corrected chi connectivity index (χ0v) is 13.3. The molecular weight excluding hydrogens is 321 g/mol. The summed E-state index contributed by atoms with van der Waals surface area (Å²) < 4.78 is 50.7. The van der Waals surface area contributed by atoms with Gasteiger partial charge in [-0.1, -0.05) is 18.2 Å². The van der Waals surface area contributed by atoms with Gasteiger partial charge < -0.3 is 9.47 Å². The summed E-state index contributed by atoms with van der Waals surface area (Å²) in [6, 6.07) is 12.1. The first-order valence-electron chi connectivity index (χ1n) is 7.07. The highest BCUT2D eigenvalue weighted by Crippen LogP contribution is 2.31. The second-order valence-corrected chi connectivity index (χ2v) is 7.29. The van der Waals surface area contributed by atoms with Crippen molar-refractivity contribution in [2.24, 2.45) is 0 Å². The van der Waals surface area contributed by atoms with Gasteiger partial charge in [-0.25, -0.2) is 12.8 Å². The van der Waals surface area contributed by atoms with Crippen molar-refractivity contribution in [1.29, 1.82) is 0 Å². The van der Waals surface area contributed by atoms with Crippen molar-refractivity contribution in [3.05, 3.63) is 54.3 Å². The molecule has 5 nitrogen and oxygen atoms in total. The topological polar surface area (TPSA) is 55.8 Å². The number of halogens is 1. The van der Waals surface area contributed by atoms with E-state index in [1.165, 1.54) is 25.2 Å². The molecule has 0 N–H and O–H groups in total. The summed E-state index contributed by atoms with van der Waals surface area (Å²) in [6.07, 6.45) is -0.432. The molecule has 0 aliphatic carbocycles. The summed E-state index contributed by atoms with van der Waals surface area (Å²) in [5.74, 6) is 0.630. The van der Waals surface area contributed by atoms with Crippen LogP contribution >= 0.6 is 0 Å². The van der Waals surface area contributed by atoms with Crippen LogP contribution in [0.4, 0.5) is 4.39 Å². The Morgan fingerprint density at radius 3 is 2.65 bits per heavy atom. The summed E-state index contributed by atoms with van der Waals surface area (Å²) in [7, 11) is -2.35. The number of likely N-dealkylation sites (N-methyl/N-ethyl adjacent to an activating group) is 1. The van der Waals surface area contributed by atoms with E-state index >= 15 is 0 Å². The van der Waals surface area contributed by atoms with Crippen LogP contribution in [0.3, 0.4) is 0 Å². The van der Waals surface area contributed by atoms with Gasteiger partial charge in [0.1, 0.15) is 18.5 Å². The van der Waals surface area contributed by atoms with Crippen LogP contribution in [0.5, 0.6) is 11.5 Å². The molecule has 2 aromatic rings. The maximum absolute atomic E-state index is 13.3. The predicted octanol–water partition coefficient (Wildman–Crippen LogP) is 2.29. The van der Waals surface area contributed by atoms with E-state index in [1.54, 1.807) is 12.1 Å². The fourth-order valence-electron chi connectivity index (χ4n) is 2.35. The van der Waals surface area contributed by atoms with Crippen LogP contribution in [-0.4, -0.2) is 39.0 Å². The zero-order valence-electron chi connectivity index (χ0n) is 12.5. The van der Waals surface area contributed by atoms with Gasteiger partial charge in [0.2, 0.25) is 10.0 Å². The third kappa shape index (κ3) is 3.30. The normalized spacial score (nSPS) is 17.3. The van der Waals surface area contributed by atoms with E-state index in [0.717, 1.165) is 10.4 Å². The van der Waals surface area contributed by atoms with Crippen molar-refractivity contribution >= 4 is 10.0 Å². The van der Waals surface area contributed by atoms with E-state index in [0.29, 0.717) is 11.5 Å². The molecule has 0 fully saturated rings. The Labute approximate surface area is 134 Å². The van der Waals surface area contributed by atoms with E-state index in [1.807, 2.05) is 12.1 Å². The quantitative estimate of drug-likeness (QED) is 0.859. The Balaban J connectivity index is 1.73. The maximum atomic E-state index is 13.3. The molecule has 0 amide bonds. The van der Waals surface area contributed by atoms with E-state index in [9.17, 15) is 12.8 Å². The molecule has 0 saturated carbocycles. The molecule has 1 unspecified atom stereocenters. The van der Waals surface area contributed by atoms with Gasteiger partial charge in [-0.3, -0.25) is 0 Å². The van der Waals surface area contributed by atoms with Gasteiger partial charge in [-0.15, -0.1) is 0 Å². The van der Waals surface area contributed by atoms with Crippen LogP contribution in [0.1, 0.15) is 0 Å². The Morgan fingerprint density at radius 2 is 1.91 bits per heavy atom. The highest BCUT2D eigenvalue weighted by molar-refractivity contribution is 7.89. The van der Waals surface area contributed by atoms with Crippen molar-refractivity contribution < 1.29 is 22.3 Å². The van der Waals surface area contributed by atoms with Gasteiger partial charge in [0.15, 0.2) is 11.5 Å². The van der Waals surface area contributed by atoms with Gasteiger partial charge >= 0.3 is 0 Å². The molecule has 1 aliphatic heterocycles. The summed E-state index contributed by atoms with van der Waals surface area (Å²) in [5, 5.41) is 0. The Kier molecular flexibility index (Phi) is 4.23. The van der Waals surface area contributed by atoms with Crippen molar-refractivity contribution in [3.63, 3.8) is 0 Å². The van der Waals surface area contributed by atoms with Gasteiger partial charge in [-0.2, -0.15) is 4.31 Å². The number of para-hydroxylation sites is 2. The van der Waals surface area contributed by atoms with Crippen LogP contribution in [0.15, 0.2) is 53.4 Å². The fourth-order valence-corrected chi connectivity index (χ4v) is 3.58. The van der Waals surface area contributed by atoms with E-state index in [2.05, 4.69) is 0 Å². The summed E-state index contributed by atoms with van der Waals surface area (Å²) in [4.78, 5) is -0.0860. The monoisotopic (exact) mass is 337 g/mol. The minimum Gasteiger partial charge on any atom is -0.486 e. The Morgan fingerprint density at radius 1 is 1.17 bits per heavy atom. The summed E-state index contributed by atoms with van der Waals surface area (Å²) in [5.41, 5.74) is 0. The molecule has 0 aromatic heterocycles. The lowest BCUT2D eigenvalue weighted by molar-refractivity contribution is 0.0798. The molecule has 1 aliphatic rings. The number of rotatable bonds is 4. The van der Waals surface area contributed by atoms with Gasteiger partial charge in [0.25, 0.3) is 0 Å². The molecule has 0 spiro atoms. The van der Waals surface area contributed by atoms with Crippen LogP contribution in [0.2, 0.25) is 0 Å². The minimum atomic E-state index is -3.78. The average molecular weight is 337 g/mol. The molecule has 0 saturated heterocycles. The van der Waals surface area contributed by atoms with Crippen molar-refractivity contribution in [1.82, 2.24) is 4.31 Å². The van der Waals surface area contributed by atoms with Crippen LogP contribution in [-0.2, 0) is 10.0 Å². The standard InChI is InChI=1S/C16H16FNO4S/c1-18(23(19,20)14-6-4-5-12(17)9-14)10-13-11-21-15-7-2-3-8-16(15)22-13/h2-9,13H,10-11H2,1H3. The van der Waals surface area contributed by atoms with E-state index in [4.69, 9.17) is 9.47 Å². The minimum absolute atomic E-state index is 0.0860. The van der Waals surface area contributed by atoms with Gasteiger partial charge in [0, 0.05) is 7.05 Å². The molecular formula is C16H16FNO4S. The number of hydrogen-bond acceptors (Lipinski definition) is 4. The van der Waals surface area contributed by atoms with Gasteiger partial charge in [0.05, 0.1) is 11.4 Å². The molecule has 3 rings (SSSR count). The summed E-state index contributed by atoms with van der Waals surface area (Å²) >= 11 is 0. The van der Waals surface area contributed by atoms with Crippen molar-refractivity contribution in [3.8, 4) is 11.5 Å². The second-order valence-electron chi connectivity index (χ2n) is 5.24. The number of hydrogen-bond donors (Lipinski definition) is 0. The smallest absolute Gasteiger partial charge is 0.243 e. The lowest BCUT2D eigenvalue weighted by Crippen LogP contribution is -2.41. The molecule has 122 valence electrons. The molecule has 0 bridgehead atoms.